The molecule has 11 nitrogen and oxygen atoms in total. The molecule has 0 bridgehead atoms. The summed E-state index contributed by atoms with van der Waals surface area (Å²) in [5, 5.41) is 37.1. The molecule has 33 heavy (non-hydrogen) atoms. The predicted octanol–water partition coefficient (Wildman–Crippen LogP) is 2.07. The third-order valence-electron chi connectivity index (χ3n) is 5.39. The van der Waals surface area contributed by atoms with Gasteiger partial charge in [-0.25, -0.2) is 9.37 Å². The number of anilines is 4. The van der Waals surface area contributed by atoms with Crippen molar-refractivity contribution in [1.29, 1.82) is 5.26 Å². The number of nitrogens with zero attached hydrogens (tertiary/aromatic N) is 8. The zero-order valence-electron chi connectivity index (χ0n) is 17.8. The van der Waals surface area contributed by atoms with E-state index in [0.717, 1.165) is 12.8 Å². The van der Waals surface area contributed by atoms with Crippen molar-refractivity contribution in [2.24, 2.45) is 0 Å². The Morgan fingerprint density at radius 1 is 1.27 bits per heavy atom. The SMILES string of the molecule is CN(CCO)c1cc(F)c(Nc2cc(NC3CC3)n3ncc(C#N)c3n2)cc1-n1cnnc1. The zero-order chi connectivity index (χ0) is 22.9. The number of likely N-dealkylation sites (N-methyl/N-ethyl adjacent to an activating group) is 1. The molecule has 0 amide bonds. The van der Waals surface area contributed by atoms with Crippen molar-refractivity contribution in [2.75, 3.05) is 35.7 Å². The molecule has 5 rings (SSSR count). The van der Waals surface area contributed by atoms with Crippen LogP contribution in [0.15, 0.2) is 37.1 Å². The molecule has 0 unspecified atom stereocenters. The Balaban J connectivity index is 1.57. The van der Waals surface area contributed by atoms with Crippen LogP contribution in [-0.4, -0.2) is 60.7 Å². The Kier molecular flexibility index (Phi) is 5.23. The average molecular weight is 448 g/mol. The molecule has 0 radical (unpaired) electrons. The minimum Gasteiger partial charge on any atom is -0.395 e. The van der Waals surface area contributed by atoms with Crippen molar-refractivity contribution >= 4 is 28.7 Å². The van der Waals surface area contributed by atoms with E-state index < -0.39 is 5.82 Å². The van der Waals surface area contributed by atoms with E-state index in [9.17, 15) is 10.4 Å². The number of nitriles is 1. The summed E-state index contributed by atoms with van der Waals surface area (Å²) in [6.07, 6.45) is 6.60. The van der Waals surface area contributed by atoms with Crippen LogP contribution in [0, 0.1) is 17.1 Å². The van der Waals surface area contributed by atoms with Crippen molar-refractivity contribution in [2.45, 2.75) is 18.9 Å². The summed E-state index contributed by atoms with van der Waals surface area (Å²) in [6, 6.07) is 7.18. The van der Waals surface area contributed by atoms with Gasteiger partial charge in [-0.1, -0.05) is 0 Å². The fraction of sp³-hybridized carbons (Fsp3) is 0.286. The maximum Gasteiger partial charge on any atom is 0.177 e. The summed E-state index contributed by atoms with van der Waals surface area (Å²) in [5.41, 5.74) is 2.08. The minimum absolute atomic E-state index is 0.0764. The standard InChI is InChI=1S/C21H21FN10O/c1-30(4-5-33)17-6-15(22)16(7-18(17)31-11-24-25-12-31)28-19-8-20(27-14-2-3-14)32-21(29-19)13(9-23)10-26-32/h6-8,10-12,14,27,33H,2-5H2,1H3,(H,28,29). The highest BCUT2D eigenvalue weighted by atomic mass is 19.1. The van der Waals surface area contributed by atoms with Crippen LogP contribution in [0.2, 0.25) is 0 Å². The van der Waals surface area contributed by atoms with Crippen LogP contribution in [0.3, 0.4) is 0 Å². The molecule has 1 aliphatic rings. The highest BCUT2D eigenvalue weighted by Crippen LogP contribution is 2.32. The van der Waals surface area contributed by atoms with Crippen molar-refractivity contribution in [3.63, 3.8) is 0 Å². The van der Waals surface area contributed by atoms with Crippen LogP contribution in [-0.2, 0) is 0 Å². The fourth-order valence-corrected chi connectivity index (χ4v) is 3.54. The van der Waals surface area contributed by atoms with Crippen molar-refractivity contribution in [1.82, 2.24) is 29.4 Å². The molecule has 3 heterocycles. The van der Waals surface area contributed by atoms with Gasteiger partial charge in [-0.05, 0) is 18.9 Å². The molecule has 0 spiro atoms. The maximum atomic E-state index is 15.2. The number of aliphatic hydroxyl groups excluding tert-OH is 1. The van der Waals surface area contributed by atoms with E-state index in [1.54, 1.807) is 33.2 Å². The number of halogens is 1. The van der Waals surface area contributed by atoms with Crippen molar-refractivity contribution < 1.29 is 9.50 Å². The quantitative estimate of drug-likeness (QED) is 0.370. The molecule has 12 heteroatoms. The molecular formula is C21H21FN10O. The molecule has 0 aliphatic heterocycles. The Hall–Kier alpha value is -4.24. The number of hydrogen-bond donors (Lipinski definition) is 3. The molecule has 0 saturated heterocycles. The Morgan fingerprint density at radius 2 is 2.06 bits per heavy atom. The molecule has 1 fully saturated rings. The lowest BCUT2D eigenvalue weighted by molar-refractivity contribution is 0.304. The first kappa shape index (κ1) is 20.7. The normalized spacial score (nSPS) is 13.2. The molecule has 4 aromatic rings. The van der Waals surface area contributed by atoms with E-state index in [4.69, 9.17) is 0 Å². The Bertz CT molecular complexity index is 1340. The fourth-order valence-electron chi connectivity index (χ4n) is 3.54. The first-order chi connectivity index (χ1) is 16.1. The van der Waals surface area contributed by atoms with Crippen LogP contribution >= 0.6 is 0 Å². The number of aromatic nitrogens is 6. The average Bonchev–Trinajstić information content (AvgIpc) is 3.28. The topological polar surface area (TPSA) is 132 Å². The van der Waals surface area contributed by atoms with Crippen molar-refractivity contribution in [3.05, 3.63) is 48.4 Å². The van der Waals surface area contributed by atoms with Crippen LogP contribution in [0.5, 0.6) is 0 Å². The summed E-state index contributed by atoms with van der Waals surface area (Å²) in [5.74, 6) is 0.539. The molecule has 168 valence electrons. The molecule has 3 aromatic heterocycles. The van der Waals surface area contributed by atoms with Crippen LogP contribution in [0.1, 0.15) is 18.4 Å². The maximum absolute atomic E-state index is 15.2. The van der Waals surface area contributed by atoms with E-state index in [-0.39, 0.29) is 12.3 Å². The van der Waals surface area contributed by atoms with Gasteiger partial charge in [-0.2, -0.15) is 14.9 Å². The van der Waals surface area contributed by atoms with E-state index in [1.807, 2.05) is 0 Å². The molecule has 1 aromatic carbocycles. The molecule has 0 atom stereocenters. The summed E-state index contributed by atoms with van der Waals surface area (Å²) in [6.45, 7) is 0.251. The van der Waals surface area contributed by atoms with Gasteiger partial charge in [0.1, 0.15) is 41.7 Å². The first-order valence-corrected chi connectivity index (χ1v) is 10.4. The number of nitrogens with one attached hydrogen (secondary N) is 2. The minimum atomic E-state index is -0.501. The predicted molar refractivity (Wildman–Crippen MR) is 119 cm³/mol. The highest BCUT2D eigenvalue weighted by molar-refractivity contribution is 5.73. The number of hydrogen-bond acceptors (Lipinski definition) is 9. The monoisotopic (exact) mass is 448 g/mol. The lowest BCUT2D eigenvalue weighted by atomic mass is 10.2. The van der Waals surface area contributed by atoms with E-state index in [0.29, 0.717) is 46.8 Å². The lowest BCUT2D eigenvalue weighted by Crippen LogP contribution is -2.23. The molecule has 1 aliphatic carbocycles. The largest absolute Gasteiger partial charge is 0.395 e. The van der Waals surface area contributed by atoms with Gasteiger partial charge < -0.3 is 20.6 Å². The zero-order valence-corrected chi connectivity index (χ0v) is 17.8. The highest BCUT2D eigenvalue weighted by Gasteiger charge is 2.23. The van der Waals surface area contributed by atoms with Crippen LogP contribution in [0.25, 0.3) is 11.3 Å². The van der Waals surface area contributed by atoms with Gasteiger partial charge in [0.2, 0.25) is 0 Å². The summed E-state index contributed by atoms with van der Waals surface area (Å²) >= 11 is 0. The number of benzene rings is 1. The number of aliphatic hydroxyl groups is 1. The van der Waals surface area contributed by atoms with Gasteiger partial charge in [-0.15, -0.1) is 10.2 Å². The Labute approximate surface area is 188 Å². The first-order valence-electron chi connectivity index (χ1n) is 10.4. The van der Waals surface area contributed by atoms with Crippen LogP contribution < -0.4 is 15.5 Å². The van der Waals surface area contributed by atoms with Gasteiger partial charge in [0.15, 0.2) is 5.65 Å². The number of rotatable bonds is 8. The van der Waals surface area contributed by atoms with E-state index >= 15 is 4.39 Å². The lowest BCUT2D eigenvalue weighted by Gasteiger charge is -2.23. The van der Waals surface area contributed by atoms with Gasteiger partial charge >= 0.3 is 0 Å². The second-order valence-electron chi connectivity index (χ2n) is 7.81. The Morgan fingerprint density at radius 3 is 2.76 bits per heavy atom. The van der Waals surface area contributed by atoms with Crippen molar-refractivity contribution in [3.8, 4) is 11.8 Å². The van der Waals surface area contributed by atoms with Gasteiger partial charge in [0.05, 0.1) is 29.9 Å². The summed E-state index contributed by atoms with van der Waals surface area (Å²) in [7, 11) is 1.76. The molecule has 3 N–H and O–H groups in total. The summed E-state index contributed by atoms with van der Waals surface area (Å²) in [4.78, 5) is 6.24. The van der Waals surface area contributed by atoms with Crippen LogP contribution in [0.4, 0.5) is 27.4 Å². The number of fused-ring (bicyclic) bond motifs is 1. The summed E-state index contributed by atoms with van der Waals surface area (Å²) < 4.78 is 18.4. The molecule has 1 saturated carbocycles. The third-order valence-corrected chi connectivity index (χ3v) is 5.39. The third kappa shape index (κ3) is 4.01. The van der Waals surface area contributed by atoms with E-state index in [1.165, 1.54) is 24.9 Å². The van der Waals surface area contributed by atoms with Gasteiger partial charge in [0.25, 0.3) is 0 Å². The van der Waals surface area contributed by atoms with Gasteiger partial charge in [0, 0.05) is 31.8 Å². The molecular weight excluding hydrogens is 427 g/mol. The second kappa shape index (κ2) is 8.36. The van der Waals surface area contributed by atoms with Gasteiger partial charge in [-0.3, -0.25) is 4.57 Å². The second-order valence-corrected chi connectivity index (χ2v) is 7.81. The van der Waals surface area contributed by atoms with E-state index in [2.05, 4.69) is 37.0 Å². The smallest absolute Gasteiger partial charge is 0.177 e.